The molecule has 0 radical (unpaired) electrons. The van der Waals surface area contributed by atoms with E-state index in [4.69, 9.17) is 5.11 Å². The van der Waals surface area contributed by atoms with Crippen molar-refractivity contribution in [3.05, 3.63) is 17.2 Å². The van der Waals surface area contributed by atoms with E-state index in [1.807, 2.05) is 13.8 Å². The van der Waals surface area contributed by atoms with Crippen LogP contribution in [0.15, 0.2) is 0 Å². The van der Waals surface area contributed by atoms with Gasteiger partial charge in [0, 0.05) is 11.1 Å². The third-order valence-corrected chi connectivity index (χ3v) is 4.42. The molecule has 3 heterocycles. The molecule has 2 saturated heterocycles. The Bertz CT molecular complexity index is 496. The minimum absolute atomic E-state index is 0.139. The fraction of sp³-hybridized carbons (Fsp3) is 0.750. The lowest BCUT2D eigenvalue weighted by Gasteiger charge is -2.16. The Labute approximate surface area is 126 Å². The number of carboxylic acid groups (broad SMARTS) is 1. The Morgan fingerprint density at radius 3 is 2.05 bits per heavy atom. The molecule has 0 spiro atoms. The number of fused-ring (bicyclic) bond motifs is 2. The normalized spacial score (nSPS) is 27.4. The number of aromatic nitrogens is 2. The number of nitrogens with one attached hydrogen (secondary N) is 1. The predicted octanol–water partition coefficient (Wildman–Crippen LogP) is 2.49. The third-order valence-electron chi connectivity index (χ3n) is 4.42. The van der Waals surface area contributed by atoms with Crippen LogP contribution in [0.3, 0.4) is 0 Å². The number of hydrogen-bond acceptors (Lipinski definition) is 3. The molecule has 3 rings (SSSR count). The molecule has 1 aromatic heterocycles. The minimum Gasteiger partial charge on any atom is -0.480 e. The molecule has 1 aromatic rings. The number of imidazole rings is 1. The monoisotopic (exact) mass is 293 g/mol. The van der Waals surface area contributed by atoms with E-state index in [-0.39, 0.29) is 11.5 Å². The minimum atomic E-state index is -0.625. The van der Waals surface area contributed by atoms with E-state index in [0.717, 1.165) is 37.4 Å². The molecular weight excluding hydrogens is 266 g/mol. The van der Waals surface area contributed by atoms with Crippen LogP contribution < -0.4 is 0 Å². The molecule has 21 heavy (non-hydrogen) atoms. The Morgan fingerprint density at radius 2 is 1.86 bits per heavy atom. The molecule has 5 heteroatoms. The second-order valence-corrected chi connectivity index (χ2v) is 7.19. The van der Waals surface area contributed by atoms with Gasteiger partial charge < -0.3 is 10.1 Å². The Morgan fingerprint density at radius 1 is 1.29 bits per heavy atom. The Hall–Kier alpha value is -1.36. The van der Waals surface area contributed by atoms with Crippen LogP contribution in [0.2, 0.25) is 0 Å². The molecule has 118 valence electrons. The molecule has 0 amide bonds. The van der Waals surface area contributed by atoms with Gasteiger partial charge in [-0.05, 0) is 45.7 Å². The van der Waals surface area contributed by atoms with Crippen LogP contribution in [0.4, 0.5) is 0 Å². The van der Waals surface area contributed by atoms with Gasteiger partial charge in [0.15, 0.2) is 0 Å². The van der Waals surface area contributed by atoms with Crippen molar-refractivity contribution in [1.82, 2.24) is 14.9 Å². The number of H-pyrrole nitrogens is 1. The van der Waals surface area contributed by atoms with Crippen LogP contribution >= 0.6 is 0 Å². The lowest BCUT2D eigenvalue weighted by Crippen LogP contribution is -2.33. The standard InChI is InChI=1S/C9H16N2.C7H11NO2/c1-6-8(9(3,4)5)11-7(2)10-6;9-7(10)6-5-1-3-8(6)4-2-5/h1-5H3,(H,10,11);5-6H,1-4H2,(H,9,10). The summed E-state index contributed by atoms with van der Waals surface area (Å²) in [6.07, 6.45) is 2.19. The van der Waals surface area contributed by atoms with Crippen molar-refractivity contribution in [2.45, 2.75) is 58.9 Å². The molecule has 5 nitrogen and oxygen atoms in total. The smallest absolute Gasteiger partial charge is 0.321 e. The van der Waals surface area contributed by atoms with E-state index in [0.29, 0.717) is 5.92 Å². The molecule has 0 aromatic carbocycles. The number of rotatable bonds is 1. The maximum absolute atomic E-state index is 10.6. The number of nitrogens with zero attached hydrogens (tertiary/aromatic N) is 2. The maximum Gasteiger partial charge on any atom is 0.321 e. The first kappa shape index (κ1) is 16.0. The van der Waals surface area contributed by atoms with Crippen molar-refractivity contribution in [3.8, 4) is 0 Å². The van der Waals surface area contributed by atoms with Crippen molar-refractivity contribution < 1.29 is 9.90 Å². The second kappa shape index (κ2) is 5.79. The summed E-state index contributed by atoms with van der Waals surface area (Å²) in [6.45, 7) is 12.6. The van der Waals surface area contributed by atoms with E-state index < -0.39 is 5.97 Å². The average Bonchev–Trinajstić information content (AvgIpc) is 3.02. The zero-order valence-electron chi connectivity index (χ0n) is 13.7. The molecule has 2 bridgehead atoms. The summed E-state index contributed by atoms with van der Waals surface area (Å²) in [5.41, 5.74) is 2.55. The predicted molar refractivity (Wildman–Crippen MR) is 82.5 cm³/mol. The molecule has 0 aliphatic carbocycles. The van der Waals surface area contributed by atoms with Gasteiger partial charge in [-0.3, -0.25) is 9.69 Å². The van der Waals surface area contributed by atoms with Gasteiger partial charge in [0.05, 0.1) is 5.69 Å². The highest BCUT2D eigenvalue weighted by Crippen LogP contribution is 2.34. The summed E-state index contributed by atoms with van der Waals surface area (Å²) >= 11 is 0. The highest BCUT2D eigenvalue weighted by molar-refractivity contribution is 5.74. The zero-order valence-corrected chi connectivity index (χ0v) is 13.7. The van der Waals surface area contributed by atoms with Crippen LogP contribution in [0.1, 0.15) is 50.8 Å². The SMILES string of the molecule is Cc1nc(C)c(C(C)(C)C)[nH]1.O=C(O)C1C2CCN1CC2. The lowest BCUT2D eigenvalue weighted by molar-refractivity contribution is -0.141. The highest BCUT2D eigenvalue weighted by atomic mass is 16.4. The van der Waals surface area contributed by atoms with E-state index in [9.17, 15) is 4.79 Å². The van der Waals surface area contributed by atoms with Crippen molar-refractivity contribution in [3.63, 3.8) is 0 Å². The van der Waals surface area contributed by atoms with Gasteiger partial charge in [-0.15, -0.1) is 0 Å². The zero-order chi connectivity index (χ0) is 15.8. The number of carboxylic acids is 1. The van der Waals surface area contributed by atoms with Gasteiger partial charge in [-0.1, -0.05) is 20.8 Å². The number of hydrogen-bond donors (Lipinski definition) is 2. The fourth-order valence-corrected chi connectivity index (χ4v) is 3.51. The molecule has 2 fully saturated rings. The summed E-state index contributed by atoms with van der Waals surface area (Å²) in [5.74, 6) is 0.838. The molecule has 2 aliphatic rings. The average molecular weight is 293 g/mol. The molecule has 2 aliphatic heterocycles. The van der Waals surface area contributed by atoms with Crippen LogP contribution in [0, 0.1) is 19.8 Å². The van der Waals surface area contributed by atoms with Crippen molar-refractivity contribution in [2.24, 2.45) is 5.92 Å². The number of aliphatic carboxylic acids is 1. The first-order valence-electron chi connectivity index (χ1n) is 7.70. The van der Waals surface area contributed by atoms with Gasteiger partial charge in [-0.2, -0.15) is 0 Å². The first-order chi connectivity index (χ1) is 9.70. The Balaban J connectivity index is 0.000000154. The van der Waals surface area contributed by atoms with Crippen LogP contribution in [0.5, 0.6) is 0 Å². The summed E-state index contributed by atoms with van der Waals surface area (Å²) in [4.78, 5) is 20.3. The largest absolute Gasteiger partial charge is 0.480 e. The van der Waals surface area contributed by atoms with E-state index in [1.54, 1.807) is 0 Å². The summed E-state index contributed by atoms with van der Waals surface area (Å²) in [6, 6.07) is -0.139. The fourth-order valence-electron chi connectivity index (χ4n) is 3.51. The first-order valence-corrected chi connectivity index (χ1v) is 7.70. The third kappa shape index (κ3) is 3.46. The molecule has 1 atom stereocenters. The number of aryl methyl sites for hydroxylation is 2. The van der Waals surface area contributed by atoms with E-state index in [2.05, 4.69) is 35.6 Å². The van der Waals surface area contributed by atoms with Crippen molar-refractivity contribution in [2.75, 3.05) is 13.1 Å². The highest BCUT2D eigenvalue weighted by Gasteiger charge is 2.43. The van der Waals surface area contributed by atoms with Gasteiger partial charge in [0.2, 0.25) is 0 Å². The van der Waals surface area contributed by atoms with Gasteiger partial charge in [0.1, 0.15) is 11.9 Å². The molecule has 1 unspecified atom stereocenters. The van der Waals surface area contributed by atoms with Crippen LogP contribution in [-0.2, 0) is 10.2 Å². The number of aromatic amines is 1. The summed E-state index contributed by atoms with van der Waals surface area (Å²) in [5, 5.41) is 8.75. The van der Waals surface area contributed by atoms with Crippen molar-refractivity contribution >= 4 is 5.97 Å². The van der Waals surface area contributed by atoms with Gasteiger partial charge in [-0.25, -0.2) is 4.98 Å². The summed E-state index contributed by atoms with van der Waals surface area (Å²) in [7, 11) is 0. The van der Waals surface area contributed by atoms with Gasteiger partial charge in [0.25, 0.3) is 0 Å². The van der Waals surface area contributed by atoms with E-state index in [1.165, 1.54) is 5.69 Å². The number of carbonyl (C=O) groups is 1. The maximum atomic E-state index is 10.6. The molecular formula is C16H27N3O2. The Kier molecular flexibility index (Phi) is 4.42. The van der Waals surface area contributed by atoms with Crippen LogP contribution in [-0.4, -0.2) is 45.1 Å². The quantitative estimate of drug-likeness (QED) is 0.834. The van der Waals surface area contributed by atoms with Gasteiger partial charge >= 0.3 is 5.97 Å². The van der Waals surface area contributed by atoms with E-state index >= 15 is 0 Å². The molecule has 0 saturated carbocycles. The second-order valence-electron chi connectivity index (χ2n) is 7.19. The lowest BCUT2D eigenvalue weighted by atomic mass is 9.91. The van der Waals surface area contributed by atoms with Crippen LogP contribution in [0.25, 0.3) is 0 Å². The topological polar surface area (TPSA) is 69.2 Å². The van der Waals surface area contributed by atoms with Crippen molar-refractivity contribution in [1.29, 1.82) is 0 Å². The number of piperidine rings is 1. The summed E-state index contributed by atoms with van der Waals surface area (Å²) < 4.78 is 0. The molecule has 2 N–H and O–H groups in total.